The summed E-state index contributed by atoms with van der Waals surface area (Å²) in [5.74, 6) is -0.0117. The summed E-state index contributed by atoms with van der Waals surface area (Å²) in [5.41, 5.74) is 0.206. The maximum absolute atomic E-state index is 12.1. The second-order valence-electron chi connectivity index (χ2n) is 4.89. The number of rotatable bonds is 7. The van der Waals surface area contributed by atoms with Crippen LogP contribution in [-0.4, -0.2) is 34.0 Å². The molecule has 0 fully saturated rings. The monoisotopic (exact) mass is 314 g/mol. The smallest absolute Gasteiger partial charge is 0.255 e. The van der Waals surface area contributed by atoms with Crippen LogP contribution in [0.1, 0.15) is 37.6 Å². The Morgan fingerprint density at radius 3 is 2.52 bits per heavy atom. The molecule has 2 N–H and O–H groups in total. The molecule has 0 saturated carbocycles. The van der Waals surface area contributed by atoms with Crippen LogP contribution in [0.25, 0.3) is 0 Å². The van der Waals surface area contributed by atoms with Crippen molar-refractivity contribution in [3.05, 3.63) is 23.8 Å². The Labute approximate surface area is 125 Å². The minimum atomic E-state index is -3.65. The minimum absolute atomic E-state index is 0.0404. The third-order valence-electron chi connectivity index (χ3n) is 2.65. The summed E-state index contributed by atoms with van der Waals surface area (Å²) in [6.07, 6.45) is 0.793. The molecule has 0 bridgehead atoms. The zero-order valence-electron chi connectivity index (χ0n) is 12.8. The van der Waals surface area contributed by atoms with Gasteiger partial charge in [0.2, 0.25) is 10.0 Å². The molecule has 0 aliphatic carbocycles. The molecule has 0 aromatic heterocycles. The van der Waals surface area contributed by atoms with Gasteiger partial charge in [-0.15, -0.1) is 0 Å². The summed E-state index contributed by atoms with van der Waals surface area (Å²) in [6.45, 7) is 5.92. The highest BCUT2D eigenvalue weighted by atomic mass is 32.2. The first-order valence-electron chi connectivity index (χ1n) is 6.80. The Balaban J connectivity index is 3.19. The summed E-state index contributed by atoms with van der Waals surface area (Å²) in [5, 5.41) is 2.71. The van der Waals surface area contributed by atoms with Crippen molar-refractivity contribution >= 4 is 15.9 Å². The number of benzene rings is 1. The van der Waals surface area contributed by atoms with Gasteiger partial charge in [-0.25, -0.2) is 13.1 Å². The van der Waals surface area contributed by atoms with Gasteiger partial charge < -0.3 is 10.1 Å². The number of ether oxygens (including phenoxy) is 1. The largest absolute Gasteiger partial charge is 0.496 e. The van der Waals surface area contributed by atoms with Crippen LogP contribution in [0.15, 0.2) is 23.1 Å². The van der Waals surface area contributed by atoms with Crippen molar-refractivity contribution in [1.82, 2.24) is 10.0 Å². The van der Waals surface area contributed by atoms with Crippen LogP contribution in [-0.2, 0) is 10.0 Å². The van der Waals surface area contributed by atoms with Crippen LogP contribution in [0.4, 0.5) is 0 Å². The van der Waals surface area contributed by atoms with Crippen molar-refractivity contribution in [3.8, 4) is 5.75 Å². The molecule has 1 aromatic carbocycles. The average Bonchev–Trinajstić information content (AvgIpc) is 2.42. The van der Waals surface area contributed by atoms with Gasteiger partial charge in [-0.05, 0) is 38.5 Å². The Morgan fingerprint density at radius 1 is 1.33 bits per heavy atom. The maximum atomic E-state index is 12.1. The fourth-order valence-electron chi connectivity index (χ4n) is 1.74. The molecule has 0 aliphatic heterocycles. The SMILES string of the molecule is CCCNC(=O)c1cc(S(=O)(=O)NC(C)C)ccc1OC. The van der Waals surface area contributed by atoms with Crippen molar-refractivity contribution in [2.24, 2.45) is 0 Å². The van der Waals surface area contributed by atoms with Gasteiger partial charge in [0.15, 0.2) is 0 Å². The van der Waals surface area contributed by atoms with Crippen LogP contribution in [0, 0.1) is 0 Å². The van der Waals surface area contributed by atoms with Gasteiger partial charge in [-0.2, -0.15) is 0 Å². The molecule has 0 unspecified atom stereocenters. The van der Waals surface area contributed by atoms with Crippen LogP contribution in [0.3, 0.4) is 0 Å². The summed E-state index contributed by atoms with van der Waals surface area (Å²) >= 11 is 0. The molecular weight excluding hydrogens is 292 g/mol. The fraction of sp³-hybridized carbons (Fsp3) is 0.500. The van der Waals surface area contributed by atoms with E-state index in [2.05, 4.69) is 10.0 Å². The van der Waals surface area contributed by atoms with Gasteiger partial charge >= 0.3 is 0 Å². The van der Waals surface area contributed by atoms with Crippen molar-refractivity contribution in [2.45, 2.75) is 38.1 Å². The molecule has 1 amide bonds. The number of amides is 1. The Hall–Kier alpha value is -1.60. The fourth-order valence-corrected chi connectivity index (χ4v) is 3.02. The van der Waals surface area contributed by atoms with Gasteiger partial charge in [0.1, 0.15) is 5.75 Å². The summed E-state index contributed by atoms with van der Waals surface area (Å²) < 4.78 is 31.9. The van der Waals surface area contributed by atoms with E-state index in [1.165, 1.54) is 25.3 Å². The first-order valence-corrected chi connectivity index (χ1v) is 8.28. The lowest BCUT2D eigenvalue weighted by atomic mass is 10.2. The standard InChI is InChI=1S/C14H22N2O4S/c1-5-8-15-14(17)12-9-11(6-7-13(12)20-4)21(18,19)16-10(2)3/h6-7,9-10,16H,5,8H2,1-4H3,(H,15,17). The van der Waals surface area contributed by atoms with E-state index >= 15 is 0 Å². The molecule has 6 nitrogen and oxygen atoms in total. The van der Waals surface area contributed by atoms with Crippen molar-refractivity contribution < 1.29 is 17.9 Å². The van der Waals surface area contributed by atoms with Crippen LogP contribution in [0.2, 0.25) is 0 Å². The second-order valence-corrected chi connectivity index (χ2v) is 6.61. The molecule has 1 aromatic rings. The molecule has 118 valence electrons. The minimum Gasteiger partial charge on any atom is -0.496 e. The molecular formula is C14H22N2O4S. The lowest BCUT2D eigenvalue weighted by Gasteiger charge is -2.13. The number of methoxy groups -OCH3 is 1. The first-order chi connectivity index (χ1) is 9.81. The van der Waals surface area contributed by atoms with Gasteiger partial charge in [0.05, 0.1) is 17.6 Å². The molecule has 0 aliphatic rings. The van der Waals surface area contributed by atoms with E-state index in [1.54, 1.807) is 13.8 Å². The molecule has 7 heteroatoms. The summed E-state index contributed by atoms with van der Waals surface area (Å²) in [7, 11) is -2.21. The van der Waals surface area contributed by atoms with Crippen molar-refractivity contribution in [3.63, 3.8) is 0 Å². The third kappa shape index (κ3) is 4.71. The number of nitrogens with one attached hydrogen (secondary N) is 2. The molecule has 0 saturated heterocycles. The lowest BCUT2D eigenvalue weighted by Crippen LogP contribution is -2.31. The second kappa shape index (κ2) is 7.42. The number of carbonyl (C=O) groups is 1. The van der Waals surface area contributed by atoms with Crippen LogP contribution in [0.5, 0.6) is 5.75 Å². The maximum Gasteiger partial charge on any atom is 0.255 e. The third-order valence-corrected chi connectivity index (χ3v) is 4.31. The van der Waals surface area contributed by atoms with E-state index in [-0.39, 0.29) is 22.4 Å². The first kappa shape index (κ1) is 17.5. The molecule has 0 heterocycles. The van der Waals surface area contributed by atoms with E-state index in [0.29, 0.717) is 12.3 Å². The zero-order chi connectivity index (χ0) is 16.0. The molecule has 0 radical (unpaired) electrons. The quantitative estimate of drug-likeness (QED) is 0.799. The van der Waals surface area contributed by atoms with Crippen LogP contribution >= 0.6 is 0 Å². The van der Waals surface area contributed by atoms with Crippen molar-refractivity contribution in [1.29, 1.82) is 0 Å². The van der Waals surface area contributed by atoms with Crippen molar-refractivity contribution in [2.75, 3.05) is 13.7 Å². The molecule has 0 atom stereocenters. The number of hydrogen-bond acceptors (Lipinski definition) is 4. The number of sulfonamides is 1. The van der Waals surface area contributed by atoms with E-state index < -0.39 is 10.0 Å². The van der Waals surface area contributed by atoms with Gasteiger partial charge in [-0.1, -0.05) is 6.92 Å². The number of carbonyl (C=O) groups excluding carboxylic acids is 1. The highest BCUT2D eigenvalue weighted by molar-refractivity contribution is 7.89. The Bertz CT molecular complexity index is 597. The van der Waals surface area contributed by atoms with Gasteiger partial charge in [-0.3, -0.25) is 4.79 Å². The van der Waals surface area contributed by atoms with E-state index in [1.807, 2.05) is 6.92 Å². The topological polar surface area (TPSA) is 84.5 Å². The highest BCUT2D eigenvalue weighted by Gasteiger charge is 2.20. The Kier molecular flexibility index (Phi) is 6.17. The van der Waals surface area contributed by atoms with Crippen LogP contribution < -0.4 is 14.8 Å². The normalized spacial score (nSPS) is 11.5. The van der Waals surface area contributed by atoms with Gasteiger partial charge in [0, 0.05) is 12.6 Å². The van der Waals surface area contributed by atoms with E-state index in [0.717, 1.165) is 6.42 Å². The zero-order valence-corrected chi connectivity index (χ0v) is 13.6. The number of hydrogen-bond donors (Lipinski definition) is 2. The predicted molar refractivity (Wildman–Crippen MR) is 81.1 cm³/mol. The Morgan fingerprint density at radius 2 is 2.00 bits per heavy atom. The predicted octanol–water partition coefficient (Wildman–Crippen LogP) is 1.52. The molecule has 1 rings (SSSR count). The highest BCUT2D eigenvalue weighted by Crippen LogP contribution is 2.22. The van der Waals surface area contributed by atoms with E-state index in [4.69, 9.17) is 4.74 Å². The van der Waals surface area contributed by atoms with Gasteiger partial charge in [0.25, 0.3) is 5.91 Å². The molecule has 21 heavy (non-hydrogen) atoms. The lowest BCUT2D eigenvalue weighted by molar-refractivity contribution is 0.0950. The van der Waals surface area contributed by atoms with E-state index in [9.17, 15) is 13.2 Å². The summed E-state index contributed by atoms with van der Waals surface area (Å²) in [4.78, 5) is 12.1. The molecule has 0 spiro atoms. The summed E-state index contributed by atoms with van der Waals surface area (Å²) in [6, 6.07) is 4.00. The average molecular weight is 314 g/mol.